The molecule has 3 aromatic rings. The van der Waals surface area contributed by atoms with Crippen LogP contribution in [0.5, 0.6) is 5.75 Å². The summed E-state index contributed by atoms with van der Waals surface area (Å²) in [7, 11) is -3.08. The number of fused-ring (bicyclic) bond motifs is 1. The molecule has 1 N–H and O–H groups in total. The van der Waals surface area contributed by atoms with Crippen LogP contribution < -0.4 is 20.3 Å². The van der Waals surface area contributed by atoms with Crippen molar-refractivity contribution >= 4 is 44.2 Å². The third-order valence-electron chi connectivity index (χ3n) is 8.83. The summed E-state index contributed by atoms with van der Waals surface area (Å²) >= 11 is 0. The summed E-state index contributed by atoms with van der Waals surface area (Å²) in [6, 6.07) is 13.2. The van der Waals surface area contributed by atoms with E-state index in [-0.39, 0.29) is 5.04 Å². The number of anilines is 3. The number of nitrogens with one attached hydrogen (secondary N) is 1. The molecule has 0 saturated carbocycles. The standard InChI is InChI=1S/C35H48N5O5PSi/c1-33(2,3)45-32(41)40-21-35(7,22-44-47(11,12)34(4,5)6)26-18-23(17-24(20-36)30(26)40)27-15-16-37-31(38-27)39-28-14-13-25(46(9,10)42)19-29(28)43-8/h13-19H,21-22H2,1-12H3,(H,37,38,39)/t35-/m1/s1. The lowest BCUT2D eigenvalue weighted by Crippen LogP contribution is -2.46. The lowest BCUT2D eigenvalue weighted by molar-refractivity contribution is 0.0575. The van der Waals surface area contributed by atoms with E-state index < -0.39 is 32.6 Å². The van der Waals surface area contributed by atoms with Crippen LogP contribution >= 0.6 is 7.14 Å². The average molecular weight is 678 g/mol. The number of methoxy groups -OCH3 is 1. The number of ether oxygens (including phenoxy) is 2. The zero-order chi connectivity index (χ0) is 35.2. The molecule has 1 atom stereocenters. The molecular weight excluding hydrogens is 629 g/mol. The van der Waals surface area contributed by atoms with Crippen LogP contribution in [0, 0.1) is 11.3 Å². The van der Waals surface area contributed by atoms with Crippen LogP contribution in [0.4, 0.5) is 22.1 Å². The van der Waals surface area contributed by atoms with Gasteiger partial charge in [-0.25, -0.2) is 14.8 Å². The zero-order valence-corrected chi connectivity index (χ0v) is 31.6. The van der Waals surface area contributed by atoms with Crippen molar-refractivity contribution in [2.75, 3.05) is 43.8 Å². The van der Waals surface area contributed by atoms with Gasteiger partial charge >= 0.3 is 6.09 Å². The molecule has 10 nitrogen and oxygen atoms in total. The highest BCUT2D eigenvalue weighted by Gasteiger charge is 2.47. The molecule has 0 saturated heterocycles. The van der Waals surface area contributed by atoms with Crippen molar-refractivity contribution in [1.29, 1.82) is 5.26 Å². The quantitative estimate of drug-likeness (QED) is 0.186. The summed E-state index contributed by atoms with van der Waals surface area (Å²) < 4.78 is 30.7. The van der Waals surface area contributed by atoms with Gasteiger partial charge in [0.1, 0.15) is 24.6 Å². The van der Waals surface area contributed by atoms with Crippen molar-refractivity contribution in [2.24, 2.45) is 0 Å². The van der Waals surface area contributed by atoms with Crippen LogP contribution in [0.15, 0.2) is 42.6 Å². The fraction of sp³-hybridized carbons (Fsp3) is 0.486. The Balaban J connectivity index is 1.79. The van der Waals surface area contributed by atoms with Gasteiger partial charge in [-0.2, -0.15) is 5.26 Å². The van der Waals surface area contributed by atoms with Crippen LogP contribution in [0.3, 0.4) is 0 Å². The summed E-state index contributed by atoms with van der Waals surface area (Å²) in [5.74, 6) is 0.840. The Bertz CT molecular complexity index is 1770. The molecule has 0 bridgehead atoms. The largest absolute Gasteiger partial charge is 0.495 e. The average Bonchev–Trinajstić information content (AvgIpc) is 3.27. The summed E-state index contributed by atoms with van der Waals surface area (Å²) in [5.41, 5.74) is 2.29. The molecule has 1 amide bonds. The molecule has 2 aromatic carbocycles. The number of carbonyl (C=O) groups excluding carboxylic acids is 1. The monoisotopic (exact) mass is 677 g/mol. The van der Waals surface area contributed by atoms with E-state index in [0.717, 1.165) is 5.56 Å². The second kappa shape index (κ2) is 12.7. The first kappa shape index (κ1) is 36.1. The molecular formula is C35H48N5O5PSi. The number of rotatable bonds is 8. The molecule has 0 aliphatic carbocycles. The molecule has 47 heavy (non-hydrogen) atoms. The van der Waals surface area contributed by atoms with Gasteiger partial charge in [-0.05, 0) is 94.2 Å². The maximum Gasteiger partial charge on any atom is 0.414 e. The van der Waals surface area contributed by atoms with Gasteiger partial charge < -0.3 is 23.8 Å². The molecule has 1 aromatic heterocycles. The minimum atomic E-state index is -2.48. The Hall–Kier alpha value is -3.71. The van der Waals surface area contributed by atoms with E-state index in [2.05, 4.69) is 57.2 Å². The molecule has 0 radical (unpaired) electrons. The van der Waals surface area contributed by atoms with E-state index in [1.165, 1.54) is 0 Å². The second-order valence-corrected chi connectivity index (χ2v) is 23.4. The topological polar surface area (TPSA) is 127 Å². The Kier molecular flexibility index (Phi) is 9.78. The number of amides is 1. The van der Waals surface area contributed by atoms with Crippen LogP contribution in [0.25, 0.3) is 11.3 Å². The van der Waals surface area contributed by atoms with Gasteiger partial charge in [-0.3, -0.25) is 4.90 Å². The smallest absolute Gasteiger partial charge is 0.414 e. The summed E-state index contributed by atoms with van der Waals surface area (Å²) in [5, 5.41) is 14.3. The van der Waals surface area contributed by atoms with Crippen LogP contribution in [-0.2, 0) is 19.1 Å². The first-order valence-electron chi connectivity index (χ1n) is 15.7. The van der Waals surface area contributed by atoms with Crippen molar-refractivity contribution in [3.05, 3.63) is 53.7 Å². The maximum atomic E-state index is 13.5. The molecule has 0 spiro atoms. The predicted octanol–water partition coefficient (Wildman–Crippen LogP) is 8.05. The first-order valence-corrected chi connectivity index (χ1v) is 21.2. The molecule has 1 aliphatic rings. The van der Waals surface area contributed by atoms with Crippen LogP contribution in [-0.4, -0.2) is 63.6 Å². The van der Waals surface area contributed by atoms with Crippen molar-refractivity contribution < 1.29 is 23.3 Å². The Morgan fingerprint density at radius 2 is 1.81 bits per heavy atom. The lowest BCUT2D eigenvalue weighted by Gasteiger charge is -2.39. The van der Waals surface area contributed by atoms with E-state index in [1.54, 1.807) is 61.9 Å². The highest BCUT2D eigenvalue weighted by atomic mass is 31.2. The van der Waals surface area contributed by atoms with E-state index >= 15 is 0 Å². The number of nitriles is 1. The number of benzene rings is 2. The van der Waals surface area contributed by atoms with E-state index in [1.807, 2.05) is 26.8 Å². The zero-order valence-electron chi connectivity index (χ0n) is 29.7. The van der Waals surface area contributed by atoms with Crippen LogP contribution in [0.2, 0.25) is 18.1 Å². The summed E-state index contributed by atoms with van der Waals surface area (Å²) in [6.07, 6.45) is 1.14. The van der Waals surface area contributed by atoms with Gasteiger partial charge in [0, 0.05) is 35.6 Å². The number of hydrogen-bond donors (Lipinski definition) is 1. The van der Waals surface area contributed by atoms with Gasteiger partial charge in [-0.15, -0.1) is 0 Å². The van der Waals surface area contributed by atoms with Crippen molar-refractivity contribution in [2.45, 2.75) is 77.6 Å². The Morgan fingerprint density at radius 1 is 1.13 bits per heavy atom. The van der Waals surface area contributed by atoms with Crippen molar-refractivity contribution in [1.82, 2.24) is 9.97 Å². The third-order valence-corrected chi connectivity index (χ3v) is 14.8. The maximum absolute atomic E-state index is 13.5. The van der Waals surface area contributed by atoms with Gasteiger partial charge in [0.25, 0.3) is 0 Å². The van der Waals surface area contributed by atoms with Gasteiger partial charge in [0.15, 0.2) is 8.32 Å². The van der Waals surface area contributed by atoms with E-state index in [0.29, 0.717) is 58.3 Å². The fourth-order valence-corrected chi connectivity index (χ4v) is 7.08. The molecule has 12 heteroatoms. The first-order chi connectivity index (χ1) is 21.6. The Morgan fingerprint density at radius 3 is 2.38 bits per heavy atom. The Labute approximate surface area is 280 Å². The molecule has 252 valence electrons. The highest BCUT2D eigenvalue weighted by molar-refractivity contribution is 7.70. The molecule has 4 rings (SSSR count). The summed E-state index contributed by atoms with van der Waals surface area (Å²) in [4.78, 5) is 24.3. The minimum Gasteiger partial charge on any atom is -0.495 e. The fourth-order valence-electron chi connectivity index (χ4n) is 5.10. The van der Waals surface area contributed by atoms with E-state index in [4.69, 9.17) is 18.9 Å². The SMILES string of the molecule is COc1cc(P(C)(C)=O)ccc1Nc1nccc(-c2cc(C#N)c3c(c2)[C@@](C)(CO[Si](C)(C)C(C)(C)C)CN3C(=O)OC(C)(C)C)n1. The normalized spacial score (nSPS) is 16.8. The molecule has 0 unspecified atom stereocenters. The number of aromatic nitrogens is 2. The highest BCUT2D eigenvalue weighted by Crippen LogP contribution is 2.47. The number of nitrogens with zero attached hydrogens (tertiary/aromatic N) is 4. The number of hydrogen-bond acceptors (Lipinski definition) is 9. The third kappa shape index (κ3) is 7.89. The van der Waals surface area contributed by atoms with E-state index in [9.17, 15) is 14.6 Å². The van der Waals surface area contributed by atoms with Crippen molar-refractivity contribution in [3.63, 3.8) is 0 Å². The predicted molar refractivity (Wildman–Crippen MR) is 192 cm³/mol. The number of carbonyl (C=O) groups is 1. The van der Waals surface area contributed by atoms with Gasteiger partial charge in [0.2, 0.25) is 5.95 Å². The van der Waals surface area contributed by atoms with Gasteiger partial charge in [0.05, 0.1) is 29.7 Å². The van der Waals surface area contributed by atoms with Gasteiger partial charge in [-0.1, -0.05) is 27.7 Å². The molecule has 0 fully saturated rings. The lowest BCUT2D eigenvalue weighted by atomic mass is 9.83. The van der Waals surface area contributed by atoms with Crippen LogP contribution in [0.1, 0.15) is 59.6 Å². The molecule has 1 aliphatic heterocycles. The summed E-state index contributed by atoms with van der Waals surface area (Å²) in [6.45, 7) is 22.6. The minimum absolute atomic E-state index is 0.00455. The second-order valence-electron chi connectivity index (χ2n) is 15.3. The molecule has 2 heterocycles. The van der Waals surface area contributed by atoms with Crippen molar-refractivity contribution in [3.8, 4) is 23.1 Å².